The number of benzene rings is 3. The second kappa shape index (κ2) is 9.56. The average Bonchev–Trinajstić information content (AvgIpc) is 3.33. The normalized spacial score (nSPS) is 18.3. The monoisotopic (exact) mass is 558 g/mol. The first-order valence-corrected chi connectivity index (χ1v) is 11.9. The van der Waals surface area contributed by atoms with E-state index in [1.165, 1.54) is 30.3 Å². The van der Waals surface area contributed by atoms with E-state index in [2.05, 4.69) is 10.6 Å². The number of hydrogen-bond donors (Lipinski definition) is 2. The molecular formula is C24H16Cl5FN2O2. The van der Waals surface area contributed by atoms with Gasteiger partial charge in [-0.3, -0.25) is 9.59 Å². The second-order valence-corrected chi connectivity index (χ2v) is 10.7. The summed E-state index contributed by atoms with van der Waals surface area (Å²) in [6.07, 6.45) is 0. The largest absolute Gasteiger partial charge is 0.326 e. The van der Waals surface area contributed by atoms with Crippen LogP contribution in [0, 0.1) is 18.7 Å². The first-order chi connectivity index (χ1) is 16.0. The SMILES string of the molecule is Cc1cc(NC(=O)c2cc(NC(=O)[C@H]3[C@H](c4cc(Cl)cc(Cl)c4)C3(Cl)Cl)ccc2Cl)ccc1F. The number of halogens is 6. The molecule has 1 aliphatic carbocycles. The van der Waals surface area contributed by atoms with Gasteiger partial charge in [-0.2, -0.15) is 0 Å². The Morgan fingerprint density at radius 1 is 0.882 bits per heavy atom. The Morgan fingerprint density at radius 2 is 1.50 bits per heavy atom. The number of nitrogens with one attached hydrogen (secondary N) is 2. The van der Waals surface area contributed by atoms with Gasteiger partial charge in [-0.05, 0) is 72.6 Å². The van der Waals surface area contributed by atoms with Crippen LogP contribution in [0.25, 0.3) is 0 Å². The van der Waals surface area contributed by atoms with Gasteiger partial charge in [0.05, 0.1) is 16.5 Å². The first kappa shape index (κ1) is 25.1. The molecule has 0 aromatic heterocycles. The van der Waals surface area contributed by atoms with Crippen LogP contribution in [-0.2, 0) is 4.79 Å². The third kappa shape index (κ3) is 5.14. The number of aryl methyl sites for hydroxylation is 1. The van der Waals surface area contributed by atoms with Crippen molar-refractivity contribution in [2.45, 2.75) is 17.2 Å². The molecule has 0 radical (unpaired) electrons. The first-order valence-electron chi connectivity index (χ1n) is 9.99. The minimum Gasteiger partial charge on any atom is -0.326 e. The molecule has 0 aliphatic heterocycles. The molecule has 4 nitrogen and oxygen atoms in total. The molecule has 2 atom stereocenters. The van der Waals surface area contributed by atoms with E-state index in [1.54, 1.807) is 31.2 Å². The highest BCUT2D eigenvalue weighted by molar-refractivity contribution is 6.53. The van der Waals surface area contributed by atoms with Crippen molar-refractivity contribution in [3.8, 4) is 0 Å². The summed E-state index contributed by atoms with van der Waals surface area (Å²) >= 11 is 31.1. The Bertz CT molecular complexity index is 1290. The molecule has 0 heterocycles. The van der Waals surface area contributed by atoms with Crippen molar-refractivity contribution in [2.75, 3.05) is 10.6 Å². The Morgan fingerprint density at radius 3 is 2.15 bits per heavy atom. The predicted molar refractivity (Wildman–Crippen MR) is 136 cm³/mol. The Labute approximate surface area is 220 Å². The lowest BCUT2D eigenvalue weighted by atomic mass is 10.1. The van der Waals surface area contributed by atoms with Crippen LogP contribution in [0.15, 0.2) is 54.6 Å². The number of alkyl halides is 2. The van der Waals surface area contributed by atoms with Gasteiger partial charge in [0.2, 0.25) is 5.91 Å². The minimum atomic E-state index is -1.34. The summed E-state index contributed by atoms with van der Waals surface area (Å²) in [5.74, 6) is -2.61. The lowest BCUT2D eigenvalue weighted by Crippen LogP contribution is -2.18. The summed E-state index contributed by atoms with van der Waals surface area (Å²) in [5.41, 5.74) is 1.89. The third-order valence-corrected chi connectivity index (χ3v) is 7.18. The van der Waals surface area contributed by atoms with Gasteiger partial charge in [-0.25, -0.2) is 4.39 Å². The van der Waals surface area contributed by atoms with Crippen LogP contribution in [0.4, 0.5) is 15.8 Å². The molecule has 1 saturated carbocycles. The van der Waals surface area contributed by atoms with Gasteiger partial charge in [-0.15, -0.1) is 23.2 Å². The molecular weight excluding hydrogens is 545 g/mol. The quantitative estimate of drug-likeness (QED) is 0.312. The van der Waals surface area contributed by atoms with E-state index in [9.17, 15) is 14.0 Å². The molecule has 4 rings (SSSR count). The van der Waals surface area contributed by atoms with Gasteiger partial charge in [0.25, 0.3) is 5.91 Å². The lowest BCUT2D eigenvalue weighted by Gasteiger charge is -2.11. The maximum Gasteiger partial charge on any atom is 0.257 e. The summed E-state index contributed by atoms with van der Waals surface area (Å²) in [5, 5.41) is 6.38. The topological polar surface area (TPSA) is 58.2 Å². The predicted octanol–water partition coefficient (Wildman–Crippen LogP) is 7.87. The molecule has 0 spiro atoms. The molecule has 34 heavy (non-hydrogen) atoms. The summed E-state index contributed by atoms with van der Waals surface area (Å²) in [6.45, 7) is 1.59. The van der Waals surface area contributed by atoms with Crippen molar-refractivity contribution < 1.29 is 14.0 Å². The highest BCUT2D eigenvalue weighted by Crippen LogP contribution is 2.65. The molecule has 1 fully saturated rings. The summed E-state index contributed by atoms with van der Waals surface area (Å²) in [4.78, 5) is 25.7. The molecule has 3 aromatic rings. The zero-order valence-corrected chi connectivity index (χ0v) is 21.2. The van der Waals surface area contributed by atoms with Gasteiger partial charge in [-0.1, -0.05) is 34.8 Å². The van der Waals surface area contributed by atoms with E-state index < -0.39 is 28.0 Å². The van der Waals surface area contributed by atoms with Crippen LogP contribution < -0.4 is 10.6 Å². The van der Waals surface area contributed by atoms with Crippen LogP contribution >= 0.6 is 58.0 Å². The molecule has 0 bridgehead atoms. The lowest BCUT2D eigenvalue weighted by molar-refractivity contribution is -0.117. The van der Waals surface area contributed by atoms with Gasteiger partial charge in [0, 0.05) is 27.3 Å². The minimum absolute atomic E-state index is 0.124. The van der Waals surface area contributed by atoms with Gasteiger partial charge in [0.1, 0.15) is 10.2 Å². The van der Waals surface area contributed by atoms with Crippen molar-refractivity contribution in [1.29, 1.82) is 0 Å². The molecule has 0 saturated heterocycles. The van der Waals surface area contributed by atoms with Gasteiger partial charge >= 0.3 is 0 Å². The highest BCUT2D eigenvalue weighted by Gasteiger charge is 2.67. The number of hydrogen-bond acceptors (Lipinski definition) is 2. The molecule has 3 aromatic carbocycles. The van der Waals surface area contributed by atoms with E-state index in [-0.39, 0.29) is 16.4 Å². The Kier molecular flexibility index (Phi) is 7.05. The number of amides is 2. The van der Waals surface area contributed by atoms with E-state index in [1.807, 2.05) is 0 Å². The zero-order chi connectivity index (χ0) is 24.8. The summed E-state index contributed by atoms with van der Waals surface area (Å²) < 4.78 is 12.1. The molecule has 10 heteroatoms. The van der Waals surface area contributed by atoms with E-state index in [0.717, 1.165) is 0 Å². The smallest absolute Gasteiger partial charge is 0.257 e. The van der Waals surface area contributed by atoms with Gasteiger partial charge in [0.15, 0.2) is 0 Å². The average molecular weight is 561 g/mol. The van der Waals surface area contributed by atoms with Crippen LogP contribution in [0.3, 0.4) is 0 Å². The number of rotatable bonds is 5. The molecule has 1 aliphatic rings. The molecule has 2 N–H and O–H groups in total. The van der Waals surface area contributed by atoms with Crippen LogP contribution in [0.5, 0.6) is 0 Å². The fourth-order valence-corrected chi connectivity index (χ4v) is 5.31. The van der Waals surface area contributed by atoms with Crippen molar-refractivity contribution in [2.24, 2.45) is 5.92 Å². The maximum atomic E-state index is 13.5. The summed E-state index contributed by atoms with van der Waals surface area (Å²) in [6, 6.07) is 13.6. The van der Waals surface area contributed by atoms with Gasteiger partial charge < -0.3 is 10.6 Å². The van der Waals surface area contributed by atoms with E-state index in [0.29, 0.717) is 32.5 Å². The third-order valence-electron chi connectivity index (χ3n) is 5.47. The fraction of sp³-hybridized carbons (Fsp3) is 0.167. The zero-order valence-electron chi connectivity index (χ0n) is 17.4. The number of carbonyl (C=O) groups excluding carboxylic acids is 2. The fourth-order valence-electron chi connectivity index (χ4n) is 3.74. The molecule has 0 unspecified atom stereocenters. The van der Waals surface area contributed by atoms with Crippen molar-refractivity contribution in [3.05, 3.63) is 92.2 Å². The van der Waals surface area contributed by atoms with Crippen LogP contribution in [-0.4, -0.2) is 16.1 Å². The Hall–Kier alpha value is -2.02. The van der Waals surface area contributed by atoms with Crippen LogP contribution in [0.1, 0.15) is 27.4 Å². The van der Waals surface area contributed by atoms with E-state index >= 15 is 0 Å². The summed E-state index contributed by atoms with van der Waals surface area (Å²) in [7, 11) is 0. The second-order valence-electron chi connectivity index (χ2n) is 7.93. The molecule has 176 valence electrons. The maximum absolute atomic E-state index is 13.5. The Balaban J connectivity index is 1.51. The number of anilines is 2. The molecule has 2 amide bonds. The van der Waals surface area contributed by atoms with Crippen molar-refractivity contribution in [1.82, 2.24) is 0 Å². The standard InChI is InChI=1S/C24H16Cl5FN2O2/c1-11-6-15(3-5-19(11)30)31-22(33)17-10-16(2-4-18(17)27)32-23(34)21-20(24(21,28)29)12-7-13(25)9-14(26)8-12/h2-10,20-21H,1H3,(H,31,33)(H,32,34)/t20-,21+/m0/s1. The van der Waals surface area contributed by atoms with E-state index in [4.69, 9.17) is 58.0 Å². The van der Waals surface area contributed by atoms with Crippen molar-refractivity contribution in [3.63, 3.8) is 0 Å². The number of carbonyl (C=O) groups is 2. The van der Waals surface area contributed by atoms with Crippen molar-refractivity contribution >= 4 is 81.2 Å². The highest BCUT2D eigenvalue weighted by atomic mass is 35.5. The van der Waals surface area contributed by atoms with Crippen LogP contribution in [0.2, 0.25) is 15.1 Å².